The largest absolute Gasteiger partial charge is 0.277 e. The molecule has 0 atom stereocenters. The molecule has 0 fully saturated rings. The minimum Gasteiger partial charge on any atom is -0.218 e. The van der Waals surface area contributed by atoms with Crippen LogP contribution < -0.4 is 5.14 Å². The second-order valence-corrected chi connectivity index (χ2v) is 1.99. The second-order valence-electron chi connectivity index (χ2n) is 0.663. The van der Waals surface area contributed by atoms with E-state index in [1.165, 1.54) is 5.25 Å². The molecule has 3 nitrogen and oxygen atoms in total. The monoisotopic (exact) mass is 105 g/mol. The summed E-state index contributed by atoms with van der Waals surface area (Å²) in [6.45, 7) is 0. The van der Waals surface area contributed by atoms with Crippen LogP contribution >= 0.6 is 0 Å². The number of nitrogens with two attached hydrogens (primary N) is 1. The lowest BCUT2D eigenvalue weighted by Gasteiger charge is -1.71. The van der Waals surface area contributed by atoms with E-state index in [1.54, 1.807) is 0 Å². The van der Waals surface area contributed by atoms with Crippen LogP contribution in [0.3, 0.4) is 0 Å². The fraction of sp³-hybridized carbons (Fsp3) is 0. The first-order chi connectivity index (χ1) is 2.56. The van der Waals surface area contributed by atoms with E-state index < -0.39 is 10.0 Å². The van der Waals surface area contributed by atoms with Gasteiger partial charge in [-0.2, -0.15) is 8.42 Å². The number of hydrogen-bond donors (Lipinski definition) is 1. The molecule has 4 heteroatoms. The normalized spacial score (nSPS) is 10.0. The van der Waals surface area contributed by atoms with Gasteiger partial charge < -0.3 is 0 Å². The third kappa shape index (κ3) is 3.47. The van der Waals surface area contributed by atoms with Gasteiger partial charge in [-0.15, -0.1) is 6.42 Å². The molecule has 0 aliphatic carbocycles. The molecule has 0 rings (SSSR count). The third-order valence-electron chi connectivity index (χ3n) is 0.164. The molecule has 0 amide bonds. The highest BCUT2D eigenvalue weighted by atomic mass is 32.2. The summed E-state index contributed by atoms with van der Waals surface area (Å²) in [4.78, 5) is 0. The van der Waals surface area contributed by atoms with Crippen molar-refractivity contribution in [2.75, 3.05) is 0 Å². The minimum atomic E-state index is -3.63. The third-order valence-corrected chi connectivity index (χ3v) is 0.493. The lowest BCUT2D eigenvalue weighted by atomic mass is 11.4. The molecule has 0 aliphatic rings. The van der Waals surface area contributed by atoms with Gasteiger partial charge in [0.05, 0.1) is 0 Å². The molecule has 0 aromatic heterocycles. The molecule has 0 spiro atoms. The van der Waals surface area contributed by atoms with Crippen LogP contribution in [0.15, 0.2) is 0 Å². The van der Waals surface area contributed by atoms with Gasteiger partial charge >= 0.3 is 0 Å². The Bertz CT molecular complexity index is 160. The predicted octanol–water partition coefficient (Wildman–Crippen LogP) is -1.13. The van der Waals surface area contributed by atoms with Gasteiger partial charge in [-0.1, -0.05) is 0 Å². The molecule has 0 aliphatic heterocycles. The molecule has 0 unspecified atom stereocenters. The Hall–Kier alpha value is -0.530. The quantitative estimate of drug-likeness (QED) is 0.396. The topological polar surface area (TPSA) is 60.2 Å². The number of terminal acetylenes is 1. The molecular weight excluding hydrogens is 102 g/mol. The molecule has 0 saturated heterocycles. The number of rotatable bonds is 0. The van der Waals surface area contributed by atoms with Gasteiger partial charge in [-0.3, -0.25) is 0 Å². The van der Waals surface area contributed by atoms with Crippen LogP contribution in [0.5, 0.6) is 0 Å². The summed E-state index contributed by atoms with van der Waals surface area (Å²) in [5, 5.41) is 5.62. The van der Waals surface area contributed by atoms with Crippen LogP contribution in [-0.2, 0) is 10.0 Å². The lowest BCUT2D eigenvalue weighted by Crippen LogP contribution is -2.06. The van der Waals surface area contributed by atoms with Crippen molar-refractivity contribution < 1.29 is 8.42 Å². The highest BCUT2D eigenvalue weighted by Gasteiger charge is 1.86. The Morgan fingerprint density at radius 2 is 1.83 bits per heavy atom. The first kappa shape index (κ1) is 5.47. The first-order valence-electron chi connectivity index (χ1n) is 1.06. The van der Waals surface area contributed by atoms with E-state index in [9.17, 15) is 8.42 Å². The van der Waals surface area contributed by atoms with Crippen LogP contribution in [0.2, 0.25) is 0 Å². The van der Waals surface area contributed by atoms with Gasteiger partial charge in [0.15, 0.2) is 0 Å². The predicted molar refractivity (Wildman–Crippen MR) is 21.9 cm³/mol. The Labute approximate surface area is 36.2 Å². The molecule has 0 aromatic rings. The maximum Gasteiger partial charge on any atom is 0.277 e. The number of sulfonamides is 1. The summed E-state index contributed by atoms with van der Waals surface area (Å²) < 4.78 is 19.1. The Morgan fingerprint density at radius 3 is 1.83 bits per heavy atom. The summed E-state index contributed by atoms with van der Waals surface area (Å²) in [5.41, 5.74) is 0. The maximum atomic E-state index is 9.54. The van der Waals surface area contributed by atoms with Crippen molar-refractivity contribution in [3.63, 3.8) is 0 Å². The zero-order chi connectivity index (χ0) is 5.21. The Balaban J connectivity index is 4.41. The average molecular weight is 105 g/mol. The SMILES string of the molecule is C#CS(N)(=O)=O. The standard InChI is InChI=1S/C2H3NO2S/c1-2-6(3,4)5/h1H,(H2,3,4,5). The summed E-state index contributed by atoms with van der Waals surface area (Å²) in [7, 11) is -3.63. The van der Waals surface area contributed by atoms with Crippen molar-refractivity contribution in [2.24, 2.45) is 5.14 Å². The van der Waals surface area contributed by atoms with Crippen molar-refractivity contribution >= 4 is 10.0 Å². The number of hydrogen-bond acceptors (Lipinski definition) is 2. The highest BCUT2D eigenvalue weighted by molar-refractivity contribution is 7.93. The number of primary sulfonamides is 1. The molecule has 0 saturated carbocycles. The summed E-state index contributed by atoms with van der Waals surface area (Å²) >= 11 is 0. The van der Waals surface area contributed by atoms with E-state index in [1.807, 2.05) is 0 Å². The van der Waals surface area contributed by atoms with E-state index in [4.69, 9.17) is 0 Å². The maximum absolute atomic E-state index is 9.54. The lowest BCUT2D eigenvalue weighted by molar-refractivity contribution is 0.608. The second kappa shape index (κ2) is 1.29. The van der Waals surface area contributed by atoms with E-state index >= 15 is 0 Å². The highest BCUT2D eigenvalue weighted by Crippen LogP contribution is 1.61. The minimum absolute atomic E-state index is 1.35. The smallest absolute Gasteiger partial charge is 0.218 e. The van der Waals surface area contributed by atoms with Gasteiger partial charge in [0.2, 0.25) is 0 Å². The van der Waals surface area contributed by atoms with Crippen LogP contribution in [0.1, 0.15) is 0 Å². The van der Waals surface area contributed by atoms with Gasteiger partial charge in [-0.25, -0.2) is 5.14 Å². The molecule has 0 radical (unpaired) electrons. The molecule has 2 N–H and O–H groups in total. The van der Waals surface area contributed by atoms with Crippen molar-refractivity contribution in [3.05, 3.63) is 0 Å². The summed E-state index contributed by atoms with van der Waals surface area (Å²) in [6, 6.07) is 0. The first-order valence-corrected chi connectivity index (χ1v) is 2.61. The van der Waals surface area contributed by atoms with Crippen molar-refractivity contribution in [2.45, 2.75) is 0 Å². The van der Waals surface area contributed by atoms with Gasteiger partial charge in [-0.05, 0) is 0 Å². The van der Waals surface area contributed by atoms with Crippen LogP contribution in [0, 0.1) is 11.7 Å². The molecular formula is C2H3NO2S. The zero-order valence-corrected chi connectivity index (χ0v) is 3.70. The molecule has 34 valence electrons. The van der Waals surface area contributed by atoms with E-state index in [2.05, 4.69) is 11.6 Å². The van der Waals surface area contributed by atoms with E-state index in [0.29, 0.717) is 0 Å². The summed E-state index contributed by atoms with van der Waals surface area (Å²) in [5.74, 6) is 0. The van der Waals surface area contributed by atoms with Gasteiger partial charge in [0.25, 0.3) is 10.0 Å². The molecule has 0 bridgehead atoms. The Morgan fingerprint density at radius 1 is 1.67 bits per heavy atom. The van der Waals surface area contributed by atoms with Crippen LogP contribution in [0.25, 0.3) is 0 Å². The van der Waals surface area contributed by atoms with Crippen molar-refractivity contribution in [3.8, 4) is 11.7 Å². The van der Waals surface area contributed by atoms with E-state index in [-0.39, 0.29) is 0 Å². The molecule has 0 aromatic carbocycles. The van der Waals surface area contributed by atoms with Crippen LogP contribution in [0.4, 0.5) is 0 Å². The Kier molecular flexibility index (Phi) is 1.17. The summed E-state index contributed by atoms with van der Waals surface area (Å²) in [6.07, 6.45) is 4.34. The molecule has 6 heavy (non-hydrogen) atoms. The molecule has 0 heterocycles. The van der Waals surface area contributed by atoms with Crippen molar-refractivity contribution in [1.29, 1.82) is 0 Å². The van der Waals surface area contributed by atoms with Crippen LogP contribution in [-0.4, -0.2) is 8.42 Å². The van der Waals surface area contributed by atoms with E-state index in [0.717, 1.165) is 0 Å². The fourth-order valence-corrected chi connectivity index (χ4v) is 0. The van der Waals surface area contributed by atoms with Gasteiger partial charge in [0.1, 0.15) is 0 Å². The van der Waals surface area contributed by atoms with Gasteiger partial charge in [0, 0.05) is 5.25 Å². The fourth-order valence-electron chi connectivity index (χ4n) is 0. The average Bonchev–Trinajstić information content (AvgIpc) is 1.35. The van der Waals surface area contributed by atoms with Crippen molar-refractivity contribution in [1.82, 2.24) is 0 Å². The zero-order valence-electron chi connectivity index (χ0n) is 2.88.